The molecule has 0 aliphatic carbocycles. The van der Waals surface area contributed by atoms with E-state index in [9.17, 15) is 19.7 Å². The summed E-state index contributed by atoms with van der Waals surface area (Å²) in [6, 6.07) is 13.9. The van der Waals surface area contributed by atoms with E-state index in [0.717, 1.165) is 11.3 Å². The van der Waals surface area contributed by atoms with Gasteiger partial charge in [0.15, 0.2) is 4.80 Å². The van der Waals surface area contributed by atoms with Gasteiger partial charge in [-0.25, -0.2) is 9.79 Å². The number of nitrogens with zero attached hydrogens (tertiary/aromatic N) is 3. The number of halogens is 1. The van der Waals surface area contributed by atoms with E-state index < -0.39 is 16.9 Å². The summed E-state index contributed by atoms with van der Waals surface area (Å²) in [5.74, 6) is 0.727. The predicted octanol–water partition coefficient (Wildman–Crippen LogP) is 5.41. The number of furan rings is 1. The number of rotatable bonds is 8. The van der Waals surface area contributed by atoms with E-state index >= 15 is 0 Å². The van der Waals surface area contributed by atoms with Crippen LogP contribution in [-0.4, -0.2) is 28.2 Å². The molecule has 1 atom stereocenters. The van der Waals surface area contributed by atoms with Crippen LogP contribution < -0.4 is 19.6 Å². The van der Waals surface area contributed by atoms with Crippen LogP contribution in [-0.2, 0) is 9.53 Å². The summed E-state index contributed by atoms with van der Waals surface area (Å²) in [5.41, 5.74) is 1.29. The molecule has 2 aromatic heterocycles. The highest BCUT2D eigenvalue weighted by Crippen LogP contribution is 2.36. The van der Waals surface area contributed by atoms with Crippen LogP contribution in [0.15, 0.2) is 80.1 Å². The van der Waals surface area contributed by atoms with Gasteiger partial charge < -0.3 is 13.9 Å². The van der Waals surface area contributed by atoms with E-state index in [4.69, 9.17) is 25.5 Å². The van der Waals surface area contributed by atoms with Crippen molar-refractivity contribution in [2.75, 3.05) is 6.61 Å². The van der Waals surface area contributed by atoms with Crippen molar-refractivity contribution in [3.63, 3.8) is 0 Å². The molecule has 0 unspecified atom stereocenters. The maximum absolute atomic E-state index is 13.9. The molecule has 0 saturated carbocycles. The van der Waals surface area contributed by atoms with Gasteiger partial charge in [0.2, 0.25) is 0 Å². The number of ether oxygens (including phenoxy) is 2. The van der Waals surface area contributed by atoms with Gasteiger partial charge in [0.25, 0.3) is 11.2 Å². The Balaban J connectivity index is 1.64. The fourth-order valence-electron chi connectivity index (χ4n) is 4.68. The molecule has 42 heavy (non-hydrogen) atoms. The Morgan fingerprint density at radius 2 is 2.00 bits per heavy atom. The first-order chi connectivity index (χ1) is 20.1. The molecule has 0 N–H and O–H groups in total. The monoisotopic (exact) mass is 607 g/mol. The van der Waals surface area contributed by atoms with Crippen molar-refractivity contribution < 1.29 is 23.6 Å². The van der Waals surface area contributed by atoms with Crippen molar-refractivity contribution in [3.8, 4) is 17.1 Å². The van der Waals surface area contributed by atoms with Crippen molar-refractivity contribution in [1.82, 2.24) is 4.57 Å². The first-order valence-electron chi connectivity index (χ1n) is 13.1. The molecule has 0 radical (unpaired) electrons. The van der Waals surface area contributed by atoms with Crippen molar-refractivity contribution in [2.45, 2.75) is 39.8 Å². The standard InChI is InChI=1S/C30H26ClN3O7S/c1-5-39-29(36)26-17(4)32-30-33(27(26)21-8-6-7-9-23(21)40-16(2)3)28(35)25(42-30)15-19-11-13-24(41-19)20-12-10-18(34(37)38)14-22(20)31/h6-16,27H,5H2,1-4H3/b25-15+/t27-/m0/s1. The zero-order chi connectivity index (χ0) is 30.1. The minimum Gasteiger partial charge on any atom is -0.491 e. The van der Waals surface area contributed by atoms with Gasteiger partial charge in [0.1, 0.15) is 23.3 Å². The molecule has 216 valence electrons. The fraction of sp³-hybridized carbons (Fsp3) is 0.233. The lowest BCUT2D eigenvalue weighted by atomic mass is 9.95. The fourth-order valence-corrected chi connectivity index (χ4v) is 5.97. The number of nitro groups is 1. The van der Waals surface area contributed by atoms with Gasteiger partial charge in [0, 0.05) is 29.3 Å². The van der Waals surface area contributed by atoms with Gasteiger partial charge >= 0.3 is 5.97 Å². The Morgan fingerprint density at radius 3 is 2.69 bits per heavy atom. The second-order valence-electron chi connectivity index (χ2n) is 9.63. The Bertz CT molecular complexity index is 1920. The van der Waals surface area contributed by atoms with E-state index in [1.807, 2.05) is 32.0 Å². The van der Waals surface area contributed by atoms with E-state index in [0.29, 0.717) is 43.4 Å². The number of benzene rings is 2. The van der Waals surface area contributed by atoms with E-state index in [-0.39, 0.29) is 34.6 Å². The van der Waals surface area contributed by atoms with Crippen LogP contribution in [0.1, 0.15) is 45.1 Å². The molecular formula is C30H26ClN3O7S. The second kappa shape index (κ2) is 11.8. The quantitative estimate of drug-likeness (QED) is 0.149. The van der Waals surface area contributed by atoms with Gasteiger partial charge in [-0.2, -0.15) is 0 Å². The number of fused-ring (bicyclic) bond motifs is 1. The molecule has 0 saturated heterocycles. The molecule has 2 aromatic carbocycles. The van der Waals surface area contributed by atoms with Crippen LogP contribution in [0.5, 0.6) is 5.75 Å². The Kier molecular flexibility index (Phi) is 8.15. The van der Waals surface area contributed by atoms with Crippen molar-refractivity contribution in [1.29, 1.82) is 0 Å². The molecule has 1 aliphatic rings. The van der Waals surface area contributed by atoms with Crippen LogP contribution in [0.25, 0.3) is 17.4 Å². The number of nitro benzene ring substituents is 1. The van der Waals surface area contributed by atoms with Crippen LogP contribution in [0.3, 0.4) is 0 Å². The third kappa shape index (κ3) is 5.53. The topological polar surface area (TPSA) is 126 Å². The van der Waals surface area contributed by atoms with Gasteiger partial charge in [-0.1, -0.05) is 41.1 Å². The summed E-state index contributed by atoms with van der Waals surface area (Å²) in [6.45, 7) is 7.40. The zero-order valence-electron chi connectivity index (χ0n) is 23.1. The van der Waals surface area contributed by atoms with Gasteiger partial charge in [-0.3, -0.25) is 19.5 Å². The average Bonchev–Trinajstić information content (AvgIpc) is 3.52. The average molecular weight is 608 g/mol. The molecule has 0 spiro atoms. The molecule has 4 aromatic rings. The number of hydrogen-bond donors (Lipinski definition) is 0. The lowest BCUT2D eigenvalue weighted by Gasteiger charge is -2.26. The third-order valence-electron chi connectivity index (χ3n) is 6.42. The highest BCUT2D eigenvalue weighted by molar-refractivity contribution is 7.07. The van der Waals surface area contributed by atoms with Gasteiger partial charge in [-0.15, -0.1) is 0 Å². The Hall–Kier alpha value is -4.48. The molecular weight excluding hydrogens is 582 g/mol. The predicted molar refractivity (Wildman–Crippen MR) is 158 cm³/mol. The van der Waals surface area contributed by atoms with Crippen LogP contribution >= 0.6 is 22.9 Å². The number of hydrogen-bond acceptors (Lipinski definition) is 9. The van der Waals surface area contributed by atoms with Crippen LogP contribution in [0.4, 0.5) is 5.69 Å². The molecule has 0 bridgehead atoms. The van der Waals surface area contributed by atoms with Crippen molar-refractivity contribution >= 4 is 40.7 Å². The Labute approximate surface area is 248 Å². The highest BCUT2D eigenvalue weighted by Gasteiger charge is 2.35. The van der Waals surface area contributed by atoms with Gasteiger partial charge in [0.05, 0.1) is 38.5 Å². The molecule has 0 fully saturated rings. The third-order valence-corrected chi connectivity index (χ3v) is 7.72. The molecule has 0 amide bonds. The lowest BCUT2D eigenvalue weighted by molar-refractivity contribution is -0.384. The van der Waals surface area contributed by atoms with E-state index in [2.05, 4.69) is 4.99 Å². The Morgan fingerprint density at radius 1 is 1.24 bits per heavy atom. The molecule has 12 heteroatoms. The first kappa shape index (κ1) is 29.0. The van der Waals surface area contributed by atoms with Crippen molar-refractivity contribution in [3.05, 3.63) is 112 Å². The van der Waals surface area contributed by atoms with Gasteiger partial charge in [-0.05, 0) is 52.0 Å². The van der Waals surface area contributed by atoms with Crippen LogP contribution in [0, 0.1) is 10.1 Å². The molecule has 1 aliphatic heterocycles. The maximum Gasteiger partial charge on any atom is 0.338 e. The number of carbonyl (C=O) groups excluding carboxylic acids is 1. The maximum atomic E-state index is 13.9. The van der Waals surface area contributed by atoms with Crippen LogP contribution in [0.2, 0.25) is 5.02 Å². The number of carbonyl (C=O) groups is 1. The molecule has 10 nitrogen and oxygen atoms in total. The number of non-ortho nitro benzene ring substituents is 1. The smallest absolute Gasteiger partial charge is 0.338 e. The first-order valence-corrected chi connectivity index (χ1v) is 14.3. The summed E-state index contributed by atoms with van der Waals surface area (Å²) in [4.78, 5) is 42.7. The second-order valence-corrected chi connectivity index (χ2v) is 11.0. The molecule has 5 rings (SSSR count). The summed E-state index contributed by atoms with van der Waals surface area (Å²) in [6.07, 6.45) is 1.44. The SMILES string of the molecule is CCOC(=O)C1=C(C)N=c2s/c(=C/c3ccc(-c4ccc([N+](=O)[O-])cc4Cl)o3)c(=O)n2[C@H]1c1ccccc1OC(C)C. The number of esters is 1. The number of para-hydroxylation sites is 1. The minimum absolute atomic E-state index is 0.135. The number of thiazole rings is 1. The summed E-state index contributed by atoms with van der Waals surface area (Å²) in [7, 11) is 0. The van der Waals surface area contributed by atoms with Crippen molar-refractivity contribution in [2.24, 2.45) is 4.99 Å². The number of allylic oxidation sites excluding steroid dienone is 1. The highest BCUT2D eigenvalue weighted by atomic mass is 35.5. The number of aromatic nitrogens is 1. The summed E-state index contributed by atoms with van der Waals surface area (Å²) < 4.78 is 19.2. The minimum atomic E-state index is -0.830. The lowest BCUT2D eigenvalue weighted by Crippen LogP contribution is -2.40. The molecule has 3 heterocycles. The van der Waals surface area contributed by atoms with E-state index in [1.165, 1.54) is 22.8 Å². The largest absolute Gasteiger partial charge is 0.491 e. The normalized spacial score (nSPS) is 15.0. The van der Waals surface area contributed by atoms with E-state index in [1.54, 1.807) is 38.1 Å². The summed E-state index contributed by atoms with van der Waals surface area (Å²) in [5, 5.41) is 11.2. The summed E-state index contributed by atoms with van der Waals surface area (Å²) >= 11 is 7.43. The zero-order valence-corrected chi connectivity index (χ0v) is 24.7.